The van der Waals surface area contributed by atoms with E-state index in [1.165, 1.54) is 6.21 Å². The Morgan fingerprint density at radius 3 is 2.82 bits per heavy atom. The van der Waals surface area contributed by atoms with Crippen molar-refractivity contribution >= 4 is 30.6 Å². The Kier molecular flexibility index (Phi) is 2.09. The summed E-state index contributed by atoms with van der Waals surface area (Å²) in [4.78, 5) is 24.8. The molecule has 5 heteroatoms. The maximum atomic E-state index is 11.0. The van der Waals surface area contributed by atoms with E-state index < -0.39 is 17.0 Å². The van der Waals surface area contributed by atoms with Crippen LogP contribution in [0, 0.1) is 0 Å². The van der Waals surface area contributed by atoms with Crippen LogP contribution in [0.5, 0.6) is 0 Å². The molecule has 1 heterocycles. The maximum absolute atomic E-state index is 11.0. The van der Waals surface area contributed by atoms with Gasteiger partial charge in [0, 0.05) is 12.4 Å². The number of thiol groups is 1. The normalized spacial score (nSPS) is 23.2. The summed E-state index contributed by atoms with van der Waals surface area (Å²) >= 11 is 3.81. The Labute approximate surface area is 68.0 Å². The molecule has 0 amide bonds. The summed E-state index contributed by atoms with van der Waals surface area (Å²) in [7, 11) is 0. The molecule has 0 saturated carbocycles. The summed E-state index contributed by atoms with van der Waals surface area (Å²) in [6.45, 7) is 0. The fourth-order valence-corrected chi connectivity index (χ4v) is 0.866. The van der Waals surface area contributed by atoms with Gasteiger partial charge in [-0.3, -0.25) is 9.79 Å². The van der Waals surface area contributed by atoms with Crippen LogP contribution in [0.2, 0.25) is 0 Å². The highest BCUT2D eigenvalue weighted by atomic mass is 32.1. The summed E-state index contributed by atoms with van der Waals surface area (Å²) in [5.74, 6) is -1.78. The lowest BCUT2D eigenvalue weighted by Crippen LogP contribution is -2.25. The Morgan fingerprint density at radius 1 is 1.73 bits per heavy atom. The second-order valence-electron chi connectivity index (χ2n) is 1.96. The van der Waals surface area contributed by atoms with Crippen molar-refractivity contribution in [3.8, 4) is 0 Å². The SMILES string of the molecule is O=C(O)C1=CN=CC(S)C1=O. The topological polar surface area (TPSA) is 66.7 Å². The predicted molar refractivity (Wildman–Crippen MR) is 42.0 cm³/mol. The standard InChI is InChI=1S/C6H5NO3S/c8-5-3(6(9)10)1-7-2-4(5)11/h1-2,4,11H,(H,9,10). The number of carbonyl (C=O) groups excluding carboxylic acids is 1. The molecule has 11 heavy (non-hydrogen) atoms. The van der Waals surface area contributed by atoms with Crippen LogP contribution in [0.3, 0.4) is 0 Å². The van der Waals surface area contributed by atoms with Gasteiger partial charge in [0.25, 0.3) is 0 Å². The van der Waals surface area contributed by atoms with Crippen LogP contribution in [0.4, 0.5) is 0 Å². The minimum Gasteiger partial charge on any atom is -0.478 e. The number of Topliss-reactive ketones (excluding diaryl/α,β-unsaturated/α-hetero) is 1. The van der Waals surface area contributed by atoms with Gasteiger partial charge >= 0.3 is 5.97 Å². The summed E-state index contributed by atoms with van der Waals surface area (Å²) in [5, 5.41) is 7.71. The van der Waals surface area contributed by atoms with Crippen molar-refractivity contribution in [2.24, 2.45) is 4.99 Å². The lowest BCUT2D eigenvalue weighted by molar-refractivity contribution is -0.134. The molecule has 1 unspecified atom stereocenters. The molecule has 1 aliphatic heterocycles. The number of nitrogens with zero attached hydrogens (tertiary/aromatic N) is 1. The van der Waals surface area contributed by atoms with E-state index in [1.54, 1.807) is 0 Å². The quantitative estimate of drug-likeness (QED) is 0.428. The molecule has 0 spiro atoms. The summed E-state index contributed by atoms with van der Waals surface area (Å²) in [6.07, 6.45) is 2.31. The third-order valence-corrected chi connectivity index (χ3v) is 1.56. The van der Waals surface area contributed by atoms with Gasteiger partial charge in [0.15, 0.2) is 5.78 Å². The Morgan fingerprint density at radius 2 is 2.36 bits per heavy atom. The molecule has 0 bridgehead atoms. The zero-order chi connectivity index (χ0) is 8.43. The number of hydrogen-bond acceptors (Lipinski definition) is 4. The summed E-state index contributed by atoms with van der Waals surface area (Å²) in [5.41, 5.74) is -0.312. The highest BCUT2D eigenvalue weighted by molar-refractivity contribution is 7.82. The van der Waals surface area contributed by atoms with Crippen LogP contribution in [0.25, 0.3) is 0 Å². The molecule has 1 N–H and O–H groups in total. The van der Waals surface area contributed by atoms with E-state index in [0.29, 0.717) is 0 Å². The fourth-order valence-electron chi connectivity index (χ4n) is 0.650. The molecular weight excluding hydrogens is 166 g/mol. The van der Waals surface area contributed by atoms with E-state index in [1.807, 2.05) is 0 Å². The number of aliphatic imine (C=N–C) groups is 1. The lowest BCUT2D eigenvalue weighted by Gasteiger charge is -2.06. The third kappa shape index (κ3) is 1.48. The van der Waals surface area contributed by atoms with Crippen molar-refractivity contribution in [2.75, 3.05) is 0 Å². The number of aliphatic carboxylic acids is 1. The van der Waals surface area contributed by atoms with Crippen LogP contribution in [0.15, 0.2) is 16.8 Å². The molecule has 1 rings (SSSR count). The van der Waals surface area contributed by atoms with E-state index in [-0.39, 0.29) is 5.57 Å². The first kappa shape index (κ1) is 8.00. The third-order valence-electron chi connectivity index (χ3n) is 1.20. The zero-order valence-electron chi connectivity index (χ0n) is 5.39. The molecule has 1 atom stereocenters. The van der Waals surface area contributed by atoms with E-state index in [2.05, 4.69) is 17.6 Å². The minimum atomic E-state index is -1.26. The number of rotatable bonds is 1. The van der Waals surface area contributed by atoms with Crippen molar-refractivity contribution in [3.63, 3.8) is 0 Å². The first-order valence-electron chi connectivity index (χ1n) is 2.82. The molecule has 0 aliphatic carbocycles. The maximum Gasteiger partial charge on any atom is 0.340 e. The molecule has 1 aliphatic rings. The van der Waals surface area contributed by atoms with Crippen LogP contribution in [0.1, 0.15) is 0 Å². The van der Waals surface area contributed by atoms with E-state index >= 15 is 0 Å². The second kappa shape index (κ2) is 2.87. The molecule has 0 saturated heterocycles. The van der Waals surface area contributed by atoms with Crippen LogP contribution in [-0.2, 0) is 9.59 Å². The van der Waals surface area contributed by atoms with Crippen molar-refractivity contribution in [1.29, 1.82) is 0 Å². The van der Waals surface area contributed by atoms with Gasteiger partial charge in [0.1, 0.15) is 10.8 Å². The number of carboxylic acids is 1. The first-order valence-corrected chi connectivity index (χ1v) is 3.33. The smallest absolute Gasteiger partial charge is 0.340 e. The first-order chi connectivity index (χ1) is 5.13. The van der Waals surface area contributed by atoms with Gasteiger partial charge in [0.05, 0.1) is 0 Å². The fraction of sp³-hybridized carbons (Fsp3) is 0.167. The van der Waals surface area contributed by atoms with Crippen molar-refractivity contribution < 1.29 is 14.7 Å². The van der Waals surface area contributed by atoms with Gasteiger partial charge in [-0.1, -0.05) is 0 Å². The van der Waals surface area contributed by atoms with Gasteiger partial charge < -0.3 is 5.11 Å². The van der Waals surface area contributed by atoms with Crippen molar-refractivity contribution in [2.45, 2.75) is 5.25 Å². The highest BCUT2D eigenvalue weighted by Crippen LogP contribution is 2.09. The number of hydrogen-bond donors (Lipinski definition) is 2. The van der Waals surface area contributed by atoms with E-state index in [4.69, 9.17) is 5.11 Å². The van der Waals surface area contributed by atoms with Crippen LogP contribution >= 0.6 is 12.6 Å². The number of ketones is 1. The molecule has 58 valence electrons. The van der Waals surface area contributed by atoms with Gasteiger partial charge in [-0.2, -0.15) is 12.6 Å². The molecule has 0 fully saturated rings. The Bertz CT molecular complexity index is 269. The molecular formula is C6H5NO3S. The largest absolute Gasteiger partial charge is 0.478 e. The van der Waals surface area contributed by atoms with Gasteiger partial charge in [-0.05, 0) is 0 Å². The number of carbonyl (C=O) groups is 2. The molecule has 0 aromatic heterocycles. The van der Waals surface area contributed by atoms with Gasteiger partial charge in [0.2, 0.25) is 0 Å². The summed E-state index contributed by atoms with van der Waals surface area (Å²) < 4.78 is 0. The second-order valence-corrected chi connectivity index (χ2v) is 2.51. The highest BCUT2D eigenvalue weighted by Gasteiger charge is 2.24. The van der Waals surface area contributed by atoms with E-state index in [9.17, 15) is 9.59 Å². The molecule has 4 nitrogen and oxygen atoms in total. The average Bonchev–Trinajstić information content (AvgIpc) is 1.94. The summed E-state index contributed by atoms with van der Waals surface area (Å²) in [6, 6.07) is 0. The van der Waals surface area contributed by atoms with Crippen molar-refractivity contribution in [1.82, 2.24) is 0 Å². The van der Waals surface area contributed by atoms with Gasteiger partial charge in [-0.15, -0.1) is 0 Å². The average molecular weight is 171 g/mol. The lowest BCUT2D eigenvalue weighted by atomic mass is 10.1. The predicted octanol–water partition coefficient (Wildman–Crippen LogP) is -0.0932. The van der Waals surface area contributed by atoms with Gasteiger partial charge in [-0.25, -0.2) is 4.79 Å². The molecule has 0 radical (unpaired) electrons. The molecule has 0 aromatic carbocycles. The minimum absolute atomic E-state index is 0.312. The van der Waals surface area contributed by atoms with Crippen molar-refractivity contribution in [3.05, 3.63) is 11.8 Å². The van der Waals surface area contributed by atoms with Crippen LogP contribution < -0.4 is 0 Å². The number of carboxylic acid groups (broad SMARTS) is 1. The zero-order valence-corrected chi connectivity index (χ0v) is 6.28. The van der Waals surface area contributed by atoms with E-state index in [0.717, 1.165) is 6.20 Å². The van der Waals surface area contributed by atoms with Crippen LogP contribution in [-0.4, -0.2) is 28.3 Å². The molecule has 0 aromatic rings. The Hall–Kier alpha value is -1.10. The monoisotopic (exact) mass is 171 g/mol. The Balaban J connectivity index is 2.96.